The Morgan fingerprint density at radius 1 is 0.976 bits per heavy atom. The summed E-state index contributed by atoms with van der Waals surface area (Å²) in [7, 11) is 1.50. The summed E-state index contributed by atoms with van der Waals surface area (Å²) in [5.41, 5.74) is 5.93. The zero-order valence-electron chi connectivity index (χ0n) is 22.8. The van der Waals surface area contributed by atoms with Crippen molar-refractivity contribution in [2.45, 2.75) is 32.1 Å². The van der Waals surface area contributed by atoms with Crippen LogP contribution in [0.3, 0.4) is 0 Å². The number of halogens is 1. The second-order valence-corrected chi connectivity index (χ2v) is 10.5. The van der Waals surface area contributed by atoms with Crippen LogP contribution in [0.5, 0.6) is 5.75 Å². The zero-order valence-corrected chi connectivity index (χ0v) is 22.8. The van der Waals surface area contributed by atoms with E-state index in [1.807, 2.05) is 12.1 Å². The Morgan fingerprint density at radius 2 is 1.83 bits per heavy atom. The molecule has 0 radical (unpaired) electrons. The van der Waals surface area contributed by atoms with E-state index in [-0.39, 0.29) is 11.8 Å². The highest BCUT2D eigenvalue weighted by Gasteiger charge is 2.22. The van der Waals surface area contributed by atoms with Gasteiger partial charge in [0.2, 0.25) is 5.91 Å². The Kier molecular flexibility index (Phi) is 6.54. The van der Waals surface area contributed by atoms with Crippen molar-refractivity contribution in [3.05, 3.63) is 67.0 Å². The van der Waals surface area contributed by atoms with Gasteiger partial charge in [0.15, 0.2) is 17.1 Å². The number of carbonyl (C=O) groups excluding carboxylic acids is 1. The van der Waals surface area contributed by atoms with Gasteiger partial charge in [-0.15, -0.1) is 0 Å². The van der Waals surface area contributed by atoms with E-state index in [9.17, 15) is 9.18 Å². The monoisotopic (exact) mass is 562 g/mol. The fourth-order valence-corrected chi connectivity index (χ4v) is 5.62. The number of imidazole rings is 1. The van der Waals surface area contributed by atoms with Gasteiger partial charge in [-0.25, -0.2) is 19.3 Å². The summed E-state index contributed by atoms with van der Waals surface area (Å²) in [5, 5.41) is 11.2. The molecule has 0 aliphatic heterocycles. The molecule has 6 aromatic rings. The van der Waals surface area contributed by atoms with Gasteiger partial charge in [-0.05, 0) is 48.7 Å². The molecular weight excluding hydrogens is 535 g/mol. The highest BCUT2D eigenvalue weighted by molar-refractivity contribution is 5.97. The molecule has 0 unspecified atom stereocenters. The number of fused-ring (bicyclic) bond motifs is 2. The van der Waals surface area contributed by atoms with Crippen molar-refractivity contribution >= 4 is 33.8 Å². The van der Waals surface area contributed by atoms with Gasteiger partial charge in [-0.1, -0.05) is 19.3 Å². The smallest absolute Gasteiger partial charge is 0.227 e. The number of amides is 1. The quantitative estimate of drug-likeness (QED) is 0.217. The molecule has 0 bridgehead atoms. The SMILES string of the molecule is COc1cc(F)cc(-c2ccnc3nc(-c4[nH]nc5ncc(-c6cncc(NC(=O)C7CCCCC7)c6)cc45)[nH]c23)c1. The number of nitrogens with zero attached hydrogens (tertiary/aromatic N) is 5. The zero-order chi connectivity index (χ0) is 28.6. The number of pyridine rings is 3. The summed E-state index contributed by atoms with van der Waals surface area (Å²) in [6.07, 6.45) is 12.0. The lowest BCUT2D eigenvalue weighted by molar-refractivity contribution is -0.120. The van der Waals surface area contributed by atoms with Crippen LogP contribution in [0, 0.1) is 11.7 Å². The molecule has 1 aliphatic carbocycles. The van der Waals surface area contributed by atoms with Crippen LogP contribution >= 0.6 is 0 Å². The van der Waals surface area contributed by atoms with E-state index in [0.29, 0.717) is 45.3 Å². The van der Waals surface area contributed by atoms with Gasteiger partial charge >= 0.3 is 0 Å². The van der Waals surface area contributed by atoms with Crippen molar-refractivity contribution in [1.29, 1.82) is 0 Å². The van der Waals surface area contributed by atoms with Crippen LogP contribution < -0.4 is 10.1 Å². The number of nitrogens with one attached hydrogen (secondary N) is 3. The van der Waals surface area contributed by atoms with Gasteiger partial charge in [0, 0.05) is 47.3 Å². The van der Waals surface area contributed by atoms with E-state index < -0.39 is 5.82 Å². The molecule has 3 N–H and O–H groups in total. The average Bonchev–Trinajstić information content (AvgIpc) is 3.65. The molecule has 1 fully saturated rings. The minimum atomic E-state index is -0.403. The maximum atomic E-state index is 14.3. The maximum absolute atomic E-state index is 14.3. The van der Waals surface area contributed by atoms with E-state index in [1.54, 1.807) is 36.9 Å². The van der Waals surface area contributed by atoms with E-state index in [4.69, 9.17) is 9.72 Å². The Hall–Kier alpha value is -5.19. The molecule has 11 heteroatoms. The first-order chi connectivity index (χ1) is 20.6. The topological polar surface area (TPSA) is 134 Å². The van der Waals surface area contributed by atoms with Crippen molar-refractivity contribution in [3.63, 3.8) is 0 Å². The van der Waals surface area contributed by atoms with Crippen LogP contribution in [0.1, 0.15) is 32.1 Å². The lowest BCUT2D eigenvalue weighted by atomic mass is 9.88. The standard InChI is InChI=1S/C31H27FN8O2/c1-42-23-11-18(9-21(32)13-23)24-7-8-34-29-26(24)37-30(38-29)27-25-12-20(15-35-28(25)40-39-27)19-10-22(16-33-14-19)36-31(41)17-5-3-2-4-6-17/h7-17H,2-6H2,1H3,(H,36,41)(H,34,37,38)(H,35,39,40). The first kappa shape index (κ1) is 25.8. The van der Waals surface area contributed by atoms with Gasteiger partial charge in [-0.3, -0.25) is 14.9 Å². The Bertz CT molecular complexity index is 1940. The van der Waals surface area contributed by atoms with Crippen LogP contribution in [0.4, 0.5) is 10.1 Å². The fourth-order valence-electron chi connectivity index (χ4n) is 5.62. The summed E-state index contributed by atoms with van der Waals surface area (Å²) in [4.78, 5) is 34.2. The number of H-pyrrole nitrogens is 2. The number of hydrogen-bond acceptors (Lipinski definition) is 7. The van der Waals surface area contributed by atoms with Crippen molar-refractivity contribution in [2.75, 3.05) is 12.4 Å². The van der Waals surface area contributed by atoms with Gasteiger partial charge < -0.3 is 15.0 Å². The molecule has 42 heavy (non-hydrogen) atoms. The van der Waals surface area contributed by atoms with Crippen molar-refractivity contribution in [1.82, 2.24) is 35.1 Å². The molecule has 0 atom stereocenters. The molecule has 0 saturated heterocycles. The second kappa shape index (κ2) is 10.7. The highest BCUT2D eigenvalue weighted by Crippen LogP contribution is 2.34. The fraction of sp³-hybridized carbons (Fsp3) is 0.226. The first-order valence-corrected chi connectivity index (χ1v) is 13.9. The minimum absolute atomic E-state index is 0.0499. The largest absolute Gasteiger partial charge is 0.497 e. The normalized spacial score (nSPS) is 14.0. The molecule has 1 saturated carbocycles. The molecule has 5 heterocycles. The number of rotatable bonds is 6. The Balaban J connectivity index is 1.23. The van der Waals surface area contributed by atoms with Gasteiger partial charge in [0.1, 0.15) is 17.3 Å². The molecule has 1 amide bonds. The van der Waals surface area contributed by atoms with Gasteiger partial charge in [0.25, 0.3) is 0 Å². The molecule has 210 valence electrons. The van der Waals surface area contributed by atoms with E-state index >= 15 is 0 Å². The molecule has 7 rings (SSSR count). The van der Waals surface area contributed by atoms with Crippen LogP contribution in [-0.2, 0) is 4.79 Å². The van der Waals surface area contributed by atoms with Crippen LogP contribution in [0.15, 0.2) is 61.2 Å². The summed E-state index contributed by atoms with van der Waals surface area (Å²) in [6.45, 7) is 0. The average molecular weight is 563 g/mol. The molecule has 1 aliphatic rings. The van der Waals surface area contributed by atoms with Crippen LogP contribution in [0.2, 0.25) is 0 Å². The first-order valence-electron chi connectivity index (χ1n) is 13.9. The predicted octanol–water partition coefficient (Wildman–Crippen LogP) is 6.29. The highest BCUT2D eigenvalue weighted by atomic mass is 19.1. The molecule has 1 aromatic carbocycles. The number of aromatic amines is 2. The number of ether oxygens (including phenoxy) is 1. The van der Waals surface area contributed by atoms with Crippen molar-refractivity contribution in [2.24, 2.45) is 5.92 Å². The summed E-state index contributed by atoms with van der Waals surface area (Å²) >= 11 is 0. The number of carbonyl (C=O) groups is 1. The van der Waals surface area contributed by atoms with Crippen LogP contribution in [0.25, 0.3) is 56.0 Å². The summed E-state index contributed by atoms with van der Waals surface area (Å²) in [5.74, 6) is 0.630. The van der Waals surface area contributed by atoms with Crippen molar-refractivity contribution < 1.29 is 13.9 Å². The molecule has 10 nitrogen and oxygen atoms in total. The minimum Gasteiger partial charge on any atom is -0.497 e. The molecule has 5 aromatic heterocycles. The van der Waals surface area contributed by atoms with Gasteiger partial charge in [-0.2, -0.15) is 5.10 Å². The van der Waals surface area contributed by atoms with E-state index in [0.717, 1.165) is 47.8 Å². The third-order valence-corrected chi connectivity index (χ3v) is 7.77. The lowest BCUT2D eigenvalue weighted by Crippen LogP contribution is -2.24. The number of anilines is 1. The predicted molar refractivity (Wildman–Crippen MR) is 157 cm³/mol. The van der Waals surface area contributed by atoms with Crippen molar-refractivity contribution in [3.8, 4) is 39.5 Å². The Morgan fingerprint density at radius 3 is 2.69 bits per heavy atom. The van der Waals surface area contributed by atoms with E-state index in [1.165, 1.54) is 25.7 Å². The molecular formula is C31H27FN8O2. The molecule has 0 spiro atoms. The maximum Gasteiger partial charge on any atom is 0.227 e. The third-order valence-electron chi connectivity index (χ3n) is 7.77. The van der Waals surface area contributed by atoms with Crippen LogP contribution in [-0.4, -0.2) is 48.1 Å². The number of hydrogen-bond donors (Lipinski definition) is 3. The van der Waals surface area contributed by atoms with Gasteiger partial charge in [0.05, 0.1) is 29.9 Å². The Labute approximate surface area is 239 Å². The third kappa shape index (κ3) is 4.83. The second-order valence-electron chi connectivity index (χ2n) is 10.5. The number of aromatic nitrogens is 7. The number of benzene rings is 1. The summed E-state index contributed by atoms with van der Waals surface area (Å²) < 4.78 is 19.5. The van der Waals surface area contributed by atoms with E-state index in [2.05, 4.69) is 35.5 Å². The summed E-state index contributed by atoms with van der Waals surface area (Å²) in [6, 6.07) is 10.2. The lowest BCUT2D eigenvalue weighted by Gasteiger charge is -2.20. The number of methoxy groups -OCH3 is 1.